The molecule has 2 aliphatic rings. The summed E-state index contributed by atoms with van der Waals surface area (Å²) >= 11 is 0. The van der Waals surface area contributed by atoms with Crippen molar-refractivity contribution < 1.29 is 9.32 Å². The number of nitrogens with zero attached hydrogens (tertiary/aromatic N) is 4. The molecule has 174 valence electrons. The van der Waals surface area contributed by atoms with Crippen LogP contribution in [-0.4, -0.2) is 48.1 Å². The topological polar surface area (TPSA) is 74.0 Å². The first-order valence-corrected chi connectivity index (χ1v) is 11.4. The van der Waals surface area contributed by atoms with Crippen LogP contribution in [-0.2, 0) is 11.3 Å². The van der Waals surface area contributed by atoms with E-state index in [1.165, 1.54) is 11.3 Å². The van der Waals surface area contributed by atoms with E-state index in [1.807, 2.05) is 11.0 Å². The van der Waals surface area contributed by atoms with Gasteiger partial charge in [-0.15, -0.1) is 24.0 Å². The monoisotopic (exact) mass is 551 g/mol. The van der Waals surface area contributed by atoms with Crippen LogP contribution in [0.4, 0.5) is 5.69 Å². The van der Waals surface area contributed by atoms with Crippen LogP contribution < -0.4 is 10.2 Å². The number of rotatable bonds is 7. The molecular formula is C24H34IN5O2. The van der Waals surface area contributed by atoms with Crippen molar-refractivity contribution in [1.29, 1.82) is 0 Å². The molecular weight excluding hydrogens is 517 g/mol. The summed E-state index contributed by atoms with van der Waals surface area (Å²) in [4.78, 5) is 21.2. The fourth-order valence-corrected chi connectivity index (χ4v) is 4.42. The Morgan fingerprint density at radius 1 is 1.34 bits per heavy atom. The fraction of sp³-hybridized carbons (Fsp3) is 0.542. The minimum Gasteiger partial charge on any atom is -0.359 e. The Labute approximate surface area is 207 Å². The summed E-state index contributed by atoms with van der Waals surface area (Å²) in [6.07, 6.45) is 2.66. The SMILES string of the molecule is CCNC(=NCc1cc(C(C)C)no1)N1CC(CCN2CCCC2=O)c2ccccc21.I. The second-order valence-corrected chi connectivity index (χ2v) is 8.68. The van der Waals surface area contributed by atoms with Crippen molar-refractivity contribution in [1.82, 2.24) is 15.4 Å². The first-order valence-electron chi connectivity index (χ1n) is 11.4. The molecule has 1 aromatic heterocycles. The maximum atomic E-state index is 12.0. The van der Waals surface area contributed by atoms with Crippen molar-refractivity contribution >= 4 is 41.5 Å². The summed E-state index contributed by atoms with van der Waals surface area (Å²) in [6, 6.07) is 10.5. The zero-order valence-corrected chi connectivity index (χ0v) is 21.5. The Bertz CT molecular complexity index is 942. The number of hydrogen-bond donors (Lipinski definition) is 1. The molecule has 7 nitrogen and oxygen atoms in total. The molecule has 0 spiro atoms. The Balaban J connectivity index is 0.00000289. The van der Waals surface area contributed by atoms with Crippen molar-refractivity contribution in [3.05, 3.63) is 47.3 Å². The molecule has 0 aliphatic carbocycles. The van der Waals surface area contributed by atoms with E-state index in [2.05, 4.69) is 60.4 Å². The normalized spacial score (nSPS) is 18.3. The first kappa shape index (κ1) is 24.5. The zero-order valence-electron chi connectivity index (χ0n) is 19.2. The molecule has 1 unspecified atom stereocenters. The van der Waals surface area contributed by atoms with E-state index in [1.54, 1.807) is 0 Å². The van der Waals surface area contributed by atoms with E-state index in [-0.39, 0.29) is 24.0 Å². The molecule has 2 aliphatic heterocycles. The van der Waals surface area contributed by atoms with Crippen LogP contribution >= 0.6 is 24.0 Å². The molecule has 1 atom stereocenters. The predicted octanol–water partition coefficient (Wildman–Crippen LogP) is 4.50. The van der Waals surface area contributed by atoms with Crippen LogP contribution in [0.1, 0.15) is 68.9 Å². The van der Waals surface area contributed by atoms with Crippen LogP contribution in [0.25, 0.3) is 0 Å². The second kappa shape index (κ2) is 11.2. The minimum atomic E-state index is 0. The highest BCUT2D eigenvalue weighted by Gasteiger charge is 2.32. The molecule has 8 heteroatoms. The maximum Gasteiger partial charge on any atom is 0.222 e. The Kier molecular flexibility index (Phi) is 8.56. The lowest BCUT2D eigenvalue weighted by Gasteiger charge is -2.23. The number of aliphatic imine (C=N–C) groups is 1. The molecule has 1 saturated heterocycles. The van der Waals surface area contributed by atoms with Crippen molar-refractivity contribution in [3.63, 3.8) is 0 Å². The number of anilines is 1. The number of para-hydroxylation sites is 1. The van der Waals surface area contributed by atoms with Crippen molar-refractivity contribution in [3.8, 4) is 0 Å². The van der Waals surface area contributed by atoms with Crippen molar-refractivity contribution in [2.45, 2.75) is 58.4 Å². The summed E-state index contributed by atoms with van der Waals surface area (Å²) < 4.78 is 5.47. The van der Waals surface area contributed by atoms with Crippen LogP contribution in [0.2, 0.25) is 0 Å². The van der Waals surface area contributed by atoms with Gasteiger partial charge in [-0.1, -0.05) is 37.2 Å². The van der Waals surface area contributed by atoms with Gasteiger partial charge in [0.25, 0.3) is 0 Å². The molecule has 0 bridgehead atoms. The maximum absolute atomic E-state index is 12.0. The third-order valence-electron chi connectivity index (χ3n) is 6.13. The molecule has 2 aromatic rings. The van der Waals surface area contributed by atoms with Crippen molar-refractivity contribution in [2.75, 3.05) is 31.1 Å². The van der Waals surface area contributed by atoms with Gasteiger partial charge in [0.15, 0.2) is 11.7 Å². The van der Waals surface area contributed by atoms with Gasteiger partial charge in [0, 0.05) is 50.3 Å². The molecule has 3 heterocycles. The number of carbonyl (C=O) groups is 1. The molecule has 4 rings (SSSR count). The van der Waals surface area contributed by atoms with E-state index in [0.717, 1.165) is 56.4 Å². The predicted molar refractivity (Wildman–Crippen MR) is 138 cm³/mol. The van der Waals surface area contributed by atoms with Gasteiger partial charge in [0.1, 0.15) is 6.54 Å². The van der Waals surface area contributed by atoms with E-state index in [4.69, 9.17) is 9.52 Å². The number of likely N-dealkylation sites (tertiary alicyclic amines) is 1. The van der Waals surface area contributed by atoms with Crippen LogP contribution in [0.3, 0.4) is 0 Å². The van der Waals surface area contributed by atoms with Gasteiger partial charge < -0.3 is 19.6 Å². The summed E-state index contributed by atoms with van der Waals surface area (Å²) in [5.74, 6) is 2.65. The molecule has 1 N–H and O–H groups in total. The fourth-order valence-electron chi connectivity index (χ4n) is 4.42. The molecule has 0 saturated carbocycles. The van der Waals surface area contributed by atoms with Gasteiger partial charge in [0.2, 0.25) is 5.91 Å². The molecule has 1 fully saturated rings. The Hall–Kier alpha value is -2.10. The van der Waals surface area contributed by atoms with Crippen LogP contribution in [0.15, 0.2) is 39.8 Å². The highest BCUT2D eigenvalue weighted by Crippen LogP contribution is 2.38. The van der Waals surface area contributed by atoms with Crippen LogP contribution in [0, 0.1) is 0 Å². The highest BCUT2D eigenvalue weighted by molar-refractivity contribution is 14.0. The number of amides is 1. The van der Waals surface area contributed by atoms with Gasteiger partial charge >= 0.3 is 0 Å². The average Bonchev–Trinajstić information content (AvgIpc) is 3.48. The third-order valence-corrected chi connectivity index (χ3v) is 6.13. The molecule has 0 radical (unpaired) electrons. The number of nitrogens with one attached hydrogen (secondary N) is 1. The number of halogens is 1. The summed E-state index contributed by atoms with van der Waals surface area (Å²) in [7, 11) is 0. The number of fused-ring (bicyclic) bond motifs is 1. The smallest absolute Gasteiger partial charge is 0.222 e. The third kappa shape index (κ3) is 5.44. The van der Waals surface area contributed by atoms with Gasteiger partial charge in [-0.25, -0.2) is 4.99 Å². The summed E-state index contributed by atoms with van der Waals surface area (Å²) in [5.41, 5.74) is 3.49. The lowest BCUT2D eigenvalue weighted by Crippen LogP contribution is -2.41. The van der Waals surface area contributed by atoms with Gasteiger partial charge in [-0.05, 0) is 37.3 Å². The zero-order chi connectivity index (χ0) is 21.8. The van der Waals surface area contributed by atoms with Crippen molar-refractivity contribution in [2.24, 2.45) is 4.99 Å². The van der Waals surface area contributed by atoms with Gasteiger partial charge in [-0.2, -0.15) is 0 Å². The Morgan fingerprint density at radius 3 is 2.84 bits per heavy atom. The standard InChI is InChI=1S/C24H33N5O2.HI/c1-4-25-24(26-15-19-14-21(17(2)3)27-31-19)29-16-18(20-8-5-6-9-22(20)29)11-13-28-12-7-10-23(28)30;/h5-6,8-9,14,17-18H,4,7,10-13,15-16H2,1-3H3,(H,25,26);1H. The largest absolute Gasteiger partial charge is 0.359 e. The first-order chi connectivity index (χ1) is 15.1. The van der Waals surface area contributed by atoms with Gasteiger partial charge in [0.05, 0.1) is 5.69 Å². The molecule has 1 aromatic carbocycles. The Morgan fingerprint density at radius 2 is 2.16 bits per heavy atom. The number of benzene rings is 1. The van der Waals surface area contributed by atoms with E-state index < -0.39 is 0 Å². The number of hydrogen-bond acceptors (Lipinski definition) is 4. The number of guanidine groups is 1. The average molecular weight is 551 g/mol. The highest BCUT2D eigenvalue weighted by atomic mass is 127. The molecule has 32 heavy (non-hydrogen) atoms. The van der Waals surface area contributed by atoms with Crippen LogP contribution in [0.5, 0.6) is 0 Å². The van der Waals surface area contributed by atoms with Gasteiger partial charge in [-0.3, -0.25) is 4.79 Å². The lowest BCUT2D eigenvalue weighted by atomic mass is 9.98. The molecule has 1 amide bonds. The quantitative estimate of drug-likeness (QED) is 0.312. The van der Waals surface area contributed by atoms with E-state index in [0.29, 0.717) is 30.7 Å². The number of carbonyl (C=O) groups excluding carboxylic acids is 1. The summed E-state index contributed by atoms with van der Waals surface area (Å²) in [6.45, 7) is 10.1. The lowest BCUT2D eigenvalue weighted by molar-refractivity contribution is -0.127. The summed E-state index contributed by atoms with van der Waals surface area (Å²) in [5, 5.41) is 7.58. The van der Waals surface area contributed by atoms with E-state index in [9.17, 15) is 4.79 Å². The number of aromatic nitrogens is 1. The van der Waals surface area contributed by atoms with E-state index >= 15 is 0 Å². The minimum absolute atomic E-state index is 0. The second-order valence-electron chi connectivity index (χ2n) is 8.68.